The van der Waals surface area contributed by atoms with E-state index < -0.39 is 0 Å². The molecule has 1 aliphatic heterocycles. The van der Waals surface area contributed by atoms with Crippen molar-refractivity contribution < 1.29 is 0 Å². The fourth-order valence-corrected chi connectivity index (χ4v) is 0.592. The van der Waals surface area contributed by atoms with E-state index >= 15 is 0 Å². The topological polar surface area (TPSA) is 53.0 Å². The van der Waals surface area contributed by atoms with Crippen molar-refractivity contribution in [2.75, 3.05) is 6.54 Å². The van der Waals surface area contributed by atoms with Gasteiger partial charge in [-0.25, -0.2) is 5.84 Å². The maximum Gasteiger partial charge on any atom is 0.0989 e. The Balaban J connectivity index is 2.66. The van der Waals surface area contributed by atoms with Crippen LogP contribution in [-0.4, -0.2) is 11.6 Å². The van der Waals surface area contributed by atoms with E-state index in [1.165, 1.54) is 5.01 Å². The predicted molar refractivity (Wildman–Crippen MR) is 33.7 cm³/mol. The van der Waals surface area contributed by atoms with Gasteiger partial charge in [0.15, 0.2) is 0 Å². The zero-order valence-electron chi connectivity index (χ0n) is 4.91. The van der Waals surface area contributed by atoms with E-state index in [4.69, 9.17) is 11.1 Å². The number of hydrogen-bond donors (Lipinski definition) is 1. The predicted octanol–water partition coefficient (Wildman–Crippen LogP) is 0.139. The Morgan fingerprint density at radius 3 is 3.00 bits per heavy atom. The highest BCUT2D eigenvalue weighted by Crippen LogP contribution is 2.00. The van der Waals surface area contributed by atoms with Gasteiger partial charge in [-0.3, -0.25) is 0 Å². The Bertz CT molecular complexity index is 197. The van der Waals surface area contributed by atoms with Gasteiger partial charge >= 0.3 is 0 Å². The number of rotatable bonds is 0. The minimum Gasteiger partial charge on any atom is -0.314 e. The summed E-state index contributed by atoms with van der Waals surface area (Å²) >= 11 is 0. The Labute approximate surface area is 53.6 Å². The molecule has 0 saturated carbocycles. The molecule has 1 aliphatic rings. The molecular weight excluding hydrogens is 114 g/mol. The number of hydrogen-bond acceptors (Lipinski definition) is 3. The van der Waals surface area contributed by atoms with E-state index in [1.54, 1.807) is 18.4 Å². The standard InChI is InChI=1S/C6H7N3/c7-5-6-1-3-9(8)4-2-6/h1-3H,4,8H2. The molecule has 0 fully saturated rings. The Morgan fingerprint density at radius 2 is 2.56 bits per heavy atom. The van der Waals surface area contributed by atoms with Crippen LogP contribution in [0.15, 0.2) is 23.9 Å². The molecule has 0 atom stereocenters. The lowest BCUT2D eigenvalue weighted by molar-refractivity contribution is 0.433. The average Bonchev–Trinajstić information content (AvgIpc) is 1.90. The molecule has 0 aliphatic carbocycles. The summed E-state index contributed by atoms with van der Waals surface area (Å²) in [5.41, 5.74) is 0.678. The van der Waals surface area contributed by atoms with Crippen molar-refractivity contribution in [3.8, 4) is 6.07 Å². The molecule has 0 aromatic rings. The quantitative estimate of drug-likeness (QED) is 0.464. The molecule has 0 radical (unpaired) electrons. The SMILES string of the molecule is N#CC1=CCN(N)C=C1. The molecule has 0 spiro atoms. The fourth-order valence-electron chi connectivity index (χ4n) is 0.592. The summed E-state index contributed by atoms with van der Waals surface area (Å²) in [5.74, 6) is 5.34. The zero-order valence-corrected chi connectivity index (χ0v) is 4.91. The third-order valence-electron chi connectivity index (χ3n) is 1.10. The maximum absolute atomic E-state index is 8.35. The van der Waals surface area contributed by atoms with Crippen LogP contribution in [0.2, 0.25) is 0 Å². The second kappa shape index (κ2) is 2.33. The third-order valence-corrected chi connectivity index (χ3v) is 1.10. The highest BCUT2D eigenvalue weighted by atomic mass is 15.4. The lowest BCUT2D eigenvalue weighted by Gasteiger charge is -2.13. The van der Waals surface area contributed by atoms with E-state index in [0.29, 0.717) is 12.1 Å². The fraction of sp³-hybridized carbons (Fsp3) is 0.167. The Kier molecular flexibility index (Phi) is 1.52. The smallest absolute Gasteiger partial charge is 0.0989 e. The maximum atomic E-state index is 8.35. The number of nitriles is 1. The summed E-state index contributed by atoms with van der Waals surface area (Å²) in [6, 6.07) is 2.02. The molecule has 0 aromatic carbocycles. The summed E-state index contributed by atoms with van der Waals surface area (Å²) in [4.78, 5) is 0. The highest BCUT2D eigenvalue weighted by molar-refractivity contribution is 5.34. The second-order valence-corrected chi connectivity index (χ2v) is 1.78. The third kappa shape index (κ3) is 1.31. The van der Waals surface area contributed by atoms with Crippen molar-refractivity contribution in [2.45, 2.75) is 0 Å². The number of nitrogens with two attached hydrogens (primary N) is 1. The van der Waals surface area contributed by atoms with E-state index in [1.807, 2.05) is 6.07 Å². The van der Waals surface area contributed by atoms with Crippen LogP contribution in [0.1, 0.15) is 0 Å². The molecule has 9 heavy (non-hydrogen) atoms. The van der Waals surface area contributed by atoms with Gasteiger partial charge in [0, 0.05) is 6.20 Å². The van der Waals surface area contributed by atoms with Crippen LogP contribution in [-0.2, 0) is 0 Å². The molecule has 0 aromatic heterocycles. The zero-order chi connectivity index (χ0) is 6.69. The van der Waals surface area contributed by atoms with Crippen molar-refractivity contribution in [2.24, 2.45) is 5.84 Å². The van der Waals surface area contributed by atoms with Gasteiger partial charge < -0.3 is 5.01 Å². The van der Waals surface area contributed by atoms with Gasteiger partial charge in [0.1, 0.15) is 0 Å². The summed E-state index contributed by atoms with van der Waals surface area (Å²) in [7, 11) is 0. The van der Waals surface area contributed by atoms with Crippen LogP contribution < -0.4 is 5.84 Å². The molecule has 3 heteroatoms. The van der Waals surface area contributed by atoms with Crippen LogP contribution >= 0.6 is 0 Å². The number of hydrazine groups is 1. The van der Waals surface area contributed by atoms with Crippen LogP contribution in [0.3, 0.4) is 0 Å². The van der Waals surface area contributed by atoms with Crippen molar-refractivity contribution >= 4 is 0 Å². The lowest BCUT2D eigenvalue weighted by atomic mass is 10.2. The van der Waals surface area contributed by atoms with Gasteiger partial charge in [-0.1, -0.05) is 0 Å². The van der Waals surface area contributed by atoms with Crippen molar-refractivity contribution in [1.29, 1.82) is 5.26 Å². The van der Waals surface area contributed by atoms with Crippen molar-refractivity contribution in [3.63, 3.8) is 0 Å². The first-order chi connectivity index (χ1) is 4.33. The largest absolute Gasteiger partial charge is 0.314 e. The van der Waals surface area contributed by atoms with Crippen molar-refractivity contribution in [3.05, 3.63) is 23.9 Å². The van der Waals surface area contributed by atoms with Gasteiger partial charge in [0.25, 0.3) is 0 Å². The molecule has 46 valence electrons. The normalized spacial score (nSPS) is 16.9. The van der Waals surface area contributed by atoms with Crippen LogP contribution in [0.5, 0.6) is 0 Å². The molecule has 0 bridgehead atoms. The Morgan fingerprint density at radius 1 is 1.78 bits per heavy atom. The van der Waals surface area contributed by atoms with E-state index in [-0.39, 0.29) is 0 Å². The first-order valence-corrected chi connectivity index (χ1v) is 2.63. The number of allylic oxidation sites excluding steroid dienone is 2. The molecule has 0 amide bonds. The van der Waals surface area contributed by atoms with E-state index in [0.717, 1.165) is 0 Å². The molecule has 3 nitrogen and oxygen atoms in total. The van der Waals surface area contributed by atoms with Gasteiger partial charge in [-0.2, -0.15) is 5.26 Å². The summed E-state index contributed by atoms with van der Waals surface area (Å²) in [5, 5.41) is 9.86. The van der Waals surface area contributed by atoms with E-state index in [9.17, 15) is 0 Å². The molecule has 1 heterocycles. The highest BCUT2D eigenvalue weighted by Gasteiger charge is 1.96. The minimum absolute atomic E-state index is 0.624. The monoisotopic (exact) mass is 121 g/mol. The van der Waals surface area contributed by atoms with Crippen LogP contribution in [0.25, 0.3) is 0 Å². The number of nitrogens with zero attached hydrogens (tertiary/aromatic N) is 2. The second-order valence-electron chi connectivity index (χ2n) is 1.78. The van der Waals surface area contributed by atoms with Gasteiger partial charge in [0.2, 0.25) is 0 Å². The van der Waals surface area contributed by atoms with Crippen molar-refractivity contribution in [1.82, 2.24) is 5.01 Å². The minimum atomic E-state index is 0.624. The Hall–Kier alpha value is -1.27. The lowest BCUT2D eigenvalue weighted by Crippen LogP contribution is -2.26. The molecular formula is C6H7N3. The first-order valence-electron chi connectivity index (χ1n) is 2.63. The molecule has 2 N–H and O–H groups in total. The van der Waals surface area contributed by atoms with Crippen LogP contribution in [0.4, 0.5) is 0 Å². The first kappa shape index (κ1) is 5.86. The molecule has 1 rings (SSSR count). The van der Waals surface area contributed by atoms with Gasteiger partial charge in [-0.15, -0.1) is 0 Å². The summed E-state index contributed by atoms with van der Waals surface area (Å²) in [6.45, 7) is 0.624. The summed E-state index contributed by atoms with van der Waals surface area (Å²) < 4.78 is 0. The average molecular weight is 121 g/mol. The molecule has 0 unspecified atom stereocenters. The van der Waals surface area contributed by atoms with Crippen LogP contribution in [0, 0.1) is 11.3 Å². The van der Waals surface area contributed by atoms with Gasteiger partial charge in [0.05, 0.1) is 18.2 Å². The molecule has 0 saturated heterocycles. The summed E-state index contributed by atoms with van der Waals surface area (Å²) in [6.07, 6.45) is 5.14. The van der Waals surface area contributed by atoms with E-state index in [2.05, 4.69) is 0 Å². The van der Waals surface area contributed by atoms with Gasteiger partial charge in [-0.05, 0) is 12.2 Å².